The molecule has 0 radical (unpaired) electrons. The van der Waals surface area contributed by atoms with Crippen LogP contribution in [-0.4, -0.2) is 32.2 Å². The monoisotopic (exact) mass is 515 g/mol. The highest BCUT2D eigenvalue weighted by Crippen LogP contribution is 2.39. The van der Waals surface area contributed by atoms with Crippen LogP contribution in [0.2, 0.25) is 0 Å². The summed E-state index contributed by atoms with van der Waals surface area (Å²) in [5.74, 6) is 0.816. The first kappa shape index (κ1) is 22.9. The molecule has 4 N–H and O–H groups in total. The molecule has 5 aromatic rings. The largest absolute Gasteiger partial charge is 0.453 e. The maximum atomic E-state index is 14.8. The lowest BCUT2D eigenvalue weighted by molar-refractivity contribution is 0.251. The summed E-state index contributed by atoms with van der Waals surface area (Å²) in [7, 11) is 0. The molecule has 2 amide bonds. The van der Waals surface area contributed by atoms with Crippen LogP contribution in [0.1, 0.15) is 18.4 Å². The van der Waals surface area contributed by atoms with Crippen molar-refractivity contribution in [2.24, 2.45) is 0 Å². The molecule has 0 aliphatic heterocycles. The van der Waals surface area contributed by atoms with Crippen LogP contribution >= 0.6 is 11.3 Å². The van der Waals surface area contributed by atoms with Crippen molar-refractivity contribution in [1.29, 1.82) is 0 Å². The lowest BCUT2D eigenvalue weighted by Crippen LogP contribution is -2.30. The second kappa shape index (κ2) is 9.86. The van der Waals surface area contributed by atoms with Crippen LogP contribution in [0, 0.1) is 5.82 Å². The summed E-state index contributed by atoms with van der Waals surface area (Å²) < 4.78 is 21.5. The zero-order chi connectivity index (χ0) is 25.2. The Morgan fingerprint density at radius 3 is 2.76 bits per heavy atom. The fourth-order valence-electron chi connectivity index (χ4n) is 3.71. The molecule has 1 fully saturated rings. The lowest BCUT2D eigenvalue weighted by Gasteiger charge is -2.10. The number of amides is 2. The molecular formula is C26H22FN7O2S. The Bertz CT molecular complexity index is 1550. The van der Waals surface area contributed by atoms with Gasteiger partial charge in [-0.25, -0.2) is 9.18 Å². The first-order valence-corrected chi connectivity index (χ1v) is 12.5. The summed E-state index contributed by atoms with van der Waals surface area (Å²) in [5, 5.41) is 15.5. The second-order valence-electron chi connectivity index (χ2n) is 8.63. The number of carbonyl (C=O) groups excluding carboxylic acids is 1. The molecule has 11 heteroatoms. The van der Waals surface area contributed by atoms with Crippen molar-refractivity contribution in [3.8, 4) is 22.1 Å². The molecule has 1 saturated carbocycles. The Kier molecular flexibility index (Phi) is 6.11. The normalized spacial score (nSPS) is 12.9. The number of H-pyrrole nitrogens is 1. The van der Waals surface area contributed by atoms with Crippen LogP contribution in [0.15, 0.2) is 67.1 Å². The predicted octanol–water partition coefficient (Wildman–Crippen LogP) is 5.91. The molecule has 1 aliphatic carbocycles. The van der Waals surface area contributed by atoms with Crippen molar-refractivity contribution < 1.29 is 13.9 Å². The van der Waals surface area contributed by atoms with E-state index in [0.717, 1.165) is 45.0 Å². The fourth-order valence-corrected chi connectivity index (χ4v) is 4.75. The summed E-state index contributed by atoms with van der Waals surface area (Å²) in [6, 6.07) is 13.7. The molecule has 37 heavy (non-hydrogen) atoms. The number of thiophene rings is 1. The molecule has 1 aliphatic rings. The molecule has 9 nitrogen and oxygen atoms in total. The number of fused-ring (bicyclic) bond motifs is 1. The highest BCUT2D eigenvalue weighted by molar-refractivity contribution is 7.22. The second-order valence-corrected chi connectivity index (χ2v) is 9.68. The summed E-state index contributed by atoms with van der Waals surface area (Å²) in [6.45, 7) is 0.618. The van der Waals surface area contributed by atoms with Crippen LogP contribution in [0.3, 0.4) is 0 Å². The number of aromatic amines is 1. The van der Waals surface area contributed by atoms with E-state index in [-0.39, 0.29) is 17.8 Å². The van der Waals surface area contributed by atoms with Crippen molar-refractivity contribution in [3.63, 3.8) is 0 Å². The van der Waals surface area contributed by atoms with Gasteiger partial charge in [-0.1, -0.05) is 6.07 Å². The smallest absolute Gasteiger partial charge is 0.319 e. The standard InChI is InChI=1S/C26H22FN7O2S/c27-18-11-17(33-26(35)32-16-2-3-16)4-6-21(18)36-22-7-9-28-20-12-23(37-25(20)22)19-5-1-15(13-29-19)14-30-24-8-10-31-34-24/h1,4-13,16H,2-3,14H2,(H2,30,31,34)(H2,32,33,35). The van der Waals surface area contributed by atoms with Crippen LogP contribution in [0.5, 0.6) is 11.5 Å². The van der Waals surface area contributed by atoms with E-state index in [1.165, 1.54) is 23.5 Å². The third-order valence-corrected chi connectivity index (χ3v) is 6.92. The average molecular weight is 516 g/mol. The third-order valence-electron chi connectivity index (χ3n) is 5.76. The maximum Gasteiger partial charge on any atom is 0.319 e. The molecule has 0 spiro atoms. The quantitative estimate of drug-likeness (QED) is 0.204. The van der Waals surface area contributed by atoms with Gasteiger partial charge in [-0.2, -0.15) is 5.10 Å². The van der Waals surface area contributed by atoms with Gasteiger partial charge in [0, 0.05) is 42.8 Å². The molecule has 0 saturated heterocycles. The number of urea groups is 1. The van der Waals surface area contributed by atoms with E-state index in [2.05, 4.69) is 36.1 Å². The van der Waals surface area contributed by atoms with Gasteiger partial charge in [-0.05, 0) is 48.7 Å². The number of benzene rings is 1. The van der Waals surface area contributed by atoms with Crippen LogP contribution in [-0.2, 0) is 6.54 Å². The number of halogens is 1. The highest BCUT2D eigenvalue weighted by Gasteiger charge is 2.23. The molecule has 4 heterocycles. The van der Waals surface area contributed by atoms with Gasteiger partial charge in [-0.3, -0.25) is 15.1 Å². The number of hydrogen-bond donors (Lipinski definition) is 4. The van der Waals surface area contributed by atoms with E-state index in [9.17, 15) is 9.18 Å². The van der Waals surface area contributed by atoms with E-state index in [1.807, 2.05) is 30.5 Å². The predicted molar refractivity (Wildman–Crippen MR) is 140 cm³/mol. The van der Waals surface area contributed by atoms with E-state index >= 15 is 0 Å². The van der Waals surface area contributed by atoms with Gasteiger partial charge in [0.1, 0.15) is 11.6 Å². The Morgan fingerprint density at radius 2 is 2.00 bits per heavy atom. The van der Waals surface area contributed by atoms with Crippen molar-refractivity contribution in [2.45, 2.75) is 25.4 Å². The van der Waals surface area contributed by atoms with Crippen LogP contribution in [0.4, 0.5) is 20.7 Å². The van der Waals surface area contributed by atoms with Crippen molar-refractivity contribution >= 4 is 39.1 Å². The van der Waals surface area contributed by atoms with Gasteiger partial charge in [0.05, 0.1) is 27.0 Å². The molecular weight excluding hydrogens is 493 g/mol. The van der Waals surface area contributed by atoms with Gasteiger partial charge < -0.3 is 20.7 Å². The first-order chi connectivity index (χ1) is 18.1. The van der Waals surface area contributed by atoms with Crippen molar-refractivity contribution in [1.82, 2.24) is 25.5 Å². The zero-order valence-corrected chi connectivity index (χ0v) is 20.3. The molecule has 0 bridgehead atoms. The summed E-state index contributed by atoms with van der Waals surface area (Å²) >= 11 is 1.48. The number of rotatable bonds is 8. The minimum atomic E-state index is -0.577. The lowest BCUT2D eigenvalue weighted by atomic mass is 10.2. The van der Waals surface area contributed by atoms with E-state index in [1.54, 1.807) is 24.5 Å². The number of anilines is 2. The summed E-state index contributed by atoms with van der Waals surface area (Å²) in [4.78, 5) is 21.9. The number of nitrogens with zero attached hydrogens (tertiary/aromatic N) is 3. The van der Waals surface area contributed by atoms with Gasteiger partial charge in [0.15, 0.2) is 11.6 Å². The highest BCUT2D eigenvalue weighted by atomic mass is 32.1. The number of ether oxygens (including phenoxy) is 1. The zero-order valence-electron chi connectivity index (χ0n) is 19.5. The summed E-state index contributed by atoms with van der Waals surface area (Å²) in [6.07, 6.45) is 7.09. The van der Waals surface area contributed by atoms with Gasteiger partial charge in [-0.15, -0.1) is 11.3 Å². The third kappa shape index (κ3) is 5.36. The van der Waals surface area contributed by atoms with E-state index in [0.29, 0.717) is 18.0 Å². The Labute approximate surface area is 215 Å². The average Bonchev–Trinajstić information content (AvgIpc) is 3.37. The van der Waals surface area contributed by atoms with Crippen molar-refractivity contribution in [3.05, 3.63) is 78.5 Å². The minimum Gasteiger partial charge on any atom is -0.453 e. The Morgan fingerprint density at radius 1 is 1.08 bits per heavy atom. The summed E-state index contributed by atoms with van der Waals surface area (Å²) in [5.41, 5.74) is 2.93. The first-order valence-electron chi connectivity index (χ1n) is 11.7. The van der Waals surface area contributed by atoms with E-state index in [4.69, 9.17) is 4.74 Å². The molecule has 1 aromatic carbocycles. The SMILES string of the molecule is O=C(Nc1ccc(Oc2ccnc3cc(-c4ccc(CNc5ccn[nH]5)cn4)sc23)c(F)c1)NC1CC1. The molecule has 6 rings (SSSR count). The minimum absolute atomic E-state index is 0.0582. The number of nitrogens with one attached hydrogen (secondary N) is 4. The van der Waals surface area contributed by atoms with Gasteiger partial charge >= 0.3 is 6.03 Å². The van der Waals surface area contributed by atoms with Gasteiger partial charge in [0.2, 0.25) is 0 Å². The topological polar surface area (TPSA) is 117 Å². The number of carbonyl (C=O) groups is 1. The molecule has 0 atom stereocenters. The van der Waals surface area contributed by atoms with Crippen LogP contribution < -0.4 is 20.7 Å². The van der Waals surface area contributed by atoms with Gasteiger partial charge in [0.25, 0.3) is 0 Å². The van der Waals surface area contributed by atoms with Crippen LogP contribution in [0.25, 0.3) is 20.8 Å². The number of pyridine rings is 2. The van der Waals surface area contributed by atoms with Crippen molar-refractivity contribution in [2.75, 3.05) is 10.6 Å². The molecule has 4 aromatic heterocycles. The molecule has 186 valence electrons. The Balaban J connectivity index is 1.17. The Hall–Kier alpha value is -4.51. The van der Waals surface area contributed by atoms with E-state index < -0.39 is 5.82 Å². The molecule has 0 unspecified atom stereocenters. The fraction of sp³-hybridized carbons (Fsp3) is 0.154. The number of hydrogen-bond acceptors (Lipinski definition) is 7. The maximum absolute atomic E-state index is 14.8. The number of aromatic nitrogens is 4.